The SMILES string of the molecule is CSc1nnc(NC(=O)C(C)Oc2ccc(Cl)cc2C)s1. The van der Waals surface area contributed by atoms with Crippen molar-refractivity contribution in [1.29, 1.82) is 0 Å². The maximum atomic E-state index is 12.1. The van der Waals surface area contributed by atoms with E-state index in [1.165, 1.54) is 23.1 Å². The van der Waals surface area contributed by atoms with E-state index in [0.717, 1.165) is 9.90 Å². The Bertz CT molecular complexity index is 648. The predicted molar refractivity (Wildman–Crippen MR) is 86.6 cm³/mol. The van der Waals surface area contributed by atoms with Crippen LogP contribution >= 0.6 is 34.7 Å². The Balaban J connectivity index is 1.98. The van der Waals surface area contributed by atoms with E-state index in [9.17, 15) is 4.79 Å². The molecule has 1 unspecified atom stereocenters. The van der Waals surface area contributed by atoms with E-state index in [-0.39, 0.29) is 5.91 Å². The number of halogens is 1. The zero-order valence-corrected chi connectivity index (χ0v) is 14.1. The smallest absolute Gasteiger partial charge is 0.266 e. The van der Waals surface area contributed by atoms with Gasteiger partial charge < -0.3 is 4.74 Å². The van der Waals surface area contributed by atoms with E-state index in [0.29, 0.717) is 15.9 Å². The number of benzene rings is 1. The van der Waals surface area contributed by atoms with Crippen LogP contribution in [0.3, 0.4) is 0 Å². The van der Waals surface area contributed by atoms with Gasteiger partial charge in [0.1, 0.15) is 5.75 Å². The molecule has 0 radical (unpaired) electrons. The van der Waals surface area contributed by atoms with Crippen LogP contribution in [0.15, 0.2) is 22.5 Å². The first kappa shape index (κ1) is 16.1. The monoisotopic (exact) mass is 343 g/mol. The molecule has 0 spiro atoms. The van der Waals surface area contributed by atoms with Crippen LogP contribution in [0.5, 0.6) is 5.75 Å². The van der Waals surface area contributed by atoms with Crippen LogP contribution in [0.1, 0.15) is 12.5 Å². The van der Waals surface area contributed by atoms with E-state index in [1.807, 2.05) is 13.2 Å². The summed E-state index contributed by atoms with van der Waals surface area (Å²) in [7, 11) is 0. The highest BCUT2D eigenvalue weighted by atomic mass is 35.5. The molecule has 1 amide bonds. The van der Waals surface area contributed by atoms with Crippen LogP contribution in [0, 0.1) is 6.92 Å². The van der Waals surface area contributed by atoms with Crippen molar-refractivity contribution in [3.63, 3.8) is 0 Å². The van der Waals surface area contributed by atoms with Gasteiger partial charge in [0.15, 0.2) is 10.4 Å². The number of hydrogen-bond acceptors (Lipinski definition) is 6. The van der Waals surface area contributed by atoms with Crippen LogP contribution in [0.2, 0.25) is 5.02 Å². The molecule has 0 saturated carbocycles. The van der Waals surface area contributed by atoms with Gasteiger partial charge in [0, 0.05) is 5.02 Å². The molecule has 2 aromatic rings. The molecule has 8 heteroatoms. The molecule has 112 valence electrons. The number of nitrogens with zero attached hydrogens (tertiary/aromatic N) is 2. The molecular weight excluding hydrogens is 330 g/mol. The fourth-order valence-corrected chi connectivity index (χ4v) is 2.94. The van der Waals surface area contributed by atoms with Crippen LogP contribution < -0.4 is 10.1 Å². The lowest BCUT2D eigenvalue weighted by Crippen LogP contribution is -2.30. The van der Waals surface area contributed by atoms with Crippen LogP contribution in [-0.4, -0.2) is 28.5 Å². The fraction of sp³-hybridized carbons (Fsp3) is 0.308. The summed E-state index contributed by atoms with van der Waals surface area (Å²) >= 11 is 8.70. The molecule has 2 rings (SSSR count). The number of aryl methyl sites for hydroxylation is 1. The third-order valence-electron chi connectivity index (χ3n) is 2.62. The molecule has 1 atom stereocenters. The van der Waals surface area contributed by atoms with Crippen LogP contribution in [0.4, 0.5) is 5.13 Å². The number of rotatable bonds is 5. The zero-order valence-electron chi connectivity index (χ0n) is 11.7. The van der Waals surface area contributed by atoms with Crippen molar-refractivity contribution >= 4 is 45.7 Å². The summed E-state index contributed by atoms with van der Waals surface area (Å²) in [4.78, 5) is 12.1. The number of nitrogens with one attached hydrogen (secondary N) is 1. The van der Waals surface area contributed by atoms with Gasteiger partial charge in [-0.25, -0.2) is 0 Å². The molecule has 0 bridgehead atoms. The van der Waals surface area contributed by atoms with Gasteiger partial charge in [0.05, 0.1) is 0 Å². The van der Waals surface area contributed by atoms with Gasteiger partial charge in [-0.2, -0.15) is 0 Å². The van der Waals surface area contributed by atoms with Crippen molar-refractivity contribution in [3.05, 3.63) is 28.8 Å². The number of carbonyl (C=O) groups excluding carboxylic acids is 1. The summed E-state index contributed by atoms with van der Waals surface area (Å²) in [5, 5.41) is 11.6. The number of ether oxygens (including phenoxy) is 1. The molecule has 0 aliphatic carbocycles. The second-order valence-corrected chi connectivity index (χ2v) is 6.70. The maximum absolute atomic E-state index is 12.1. The average molecular weight is 344 g/mol. The number of hydrogen-bond donors (Lipinski definition) is 1. The highest BCUT2D eigenvalue weighted by Crippen LogP contribution is 2.25. The Labute approximate surface area is 136 Å². The second-order valence-electron chi connectivity index (χ2n) is 4.24. The molecule has 1 N–H and O–H groups in total. The third kappa shape index (κ3) is 4.33. The number of aromatic nitrogens is 2. The average Bonchev–Trinajstić information content (AvgIpc) is 2.89. The van der Waals surface area contributed by atoms with E-state index >= 15 is 0 Å². The Hall–Kier alpha value is -1.31. The van der Waals surface area contributed by atoms with Crippen molar-refractivity contribution in [2.75, 3.05) is 11.6 Å². The first-order valence-corrected chi connectivity index (χ1v) is 8.52. The number of anilines is 1. The molecular formula is C13H14ClN3O2S2. The third-order valence-corrected chi connectivity index (χ3v) is 4.67. The Morgan fingerprint density at radius 1 is 1.48 bits per heavy atom. The summed E-state index contributed by atoms with van der Waals surface area (Å²) in [6.07, 6.45) is 1.26. The Kier molecular flexibility index (Phi) is 5.44. The highest BCUT2D eigenvalue weighted by molar-refractivity contribution is 8.00. The van der Waals surface area contributed by atoms with Gasteiger partial charge in [-0.15, -0.1) is 10.2 Å². The van der Waals surface area contributed by atoms with Gasteiger partial charge in [0.2, 0.25) is 5.13 Å². The zero-order chi connectivity index (χ0) is 15.4. The van der Waals surface area contributed by atoms with Crippen molar-refractivity contribution in [2.45, 2.75) is 24.3 Å². The predicted octanol–water partition coefficient (Wildman–Crippen LogP) is 3.63. The highest BCUT2D eigenvalue weighted by Gasteiger charge is 2.17. The topological polar surface area (TPSA) is 64.1 Å². The minimum Gasteiger partial charge on any atom is -0.481 e. The second kappa shape index (κ2) is 7.11. The molecule has 5 nitrogen and oxygen atoms in total. The van der Waals surface area contributed by atoms with E-state index < -0.39 is 6.10 Å². The normalized spacial score (nSPS) is 12.0. The molecule has 0 aliphatic rings. The minimum atomic E-state index is -0.647. The summed E-state index contributed by atoms with van der Waals surface area (Å²) in [6, 6.07) is 5.26. The van der Waals surface area contributed by atoms with Crippen molar-refractivity contribution in [3.8, 4) is 5.75 Å². The van der Waals surface area contributed by atoms with Gasteiger partial charge in [-0.1, -0.05) is 34.7 Å². The summed E-state index contributed by atoms with van der Waals surface area (Å²) in [6.45, 7) is 3.56. The lowest BCUT2D eigenvalue weighted by Gasteiger charge is -2.15. The molecule has 0 aliphatic heterocycles. The Morgan fingerprint density at radius 3 is 2.86 bits per heavy atom. The summed E-state index contributed by atoms with van der Waals surface area (Å²) < 4.78 is 6.45. The number of carbonyl (C=O) groups is 1. The quantitative estimate of drug-likeness (QED) is 0.663. The van der Waals surface area contributed by atoms with E-state index in [1.54, 1.807) is 25.1 Å². The summed E-state index contributed by atoms with van der Waals surface area (Å²) in [5.74, 6) is 0.359. The molecule has 1 heterocycles. The Morgan fingerprint density at radius 2 is 2.24 bits per heavy atom. The molecule has 0 saturated heterocycles. The van der Waals surface area contributed by atoms with Gasteiger partial charge in [-0.05, 0) is 43.9 Å². The lowest BCUT2D eigenvalue weighted by atomic mass is 10.2. The fourth-order valence-electron chi connectivity index (χ4n) is 1.54. The molecule has 1 aromatic heterocycles. The lowest BCUT2D eigenvalue weighted by molar-refractivity contribution is -0.122. The first-order valence-electron chi connectivity index (χ1n) is 6.10. The van der Waals surface area contributed by atoms with Crippen LogP contribution in [0.25, 0.3) is 0 Å². The largest absolute Gasteiger partial charge is 0.481 e. The van der Waals surface area contributed by atoms with Crippen molar-refractivity contribution in [1.82, 2.24) is 10.2 Å². The maximum Gasteiger partial charge on any atom is 0.266 e. The van der Waals surface area contributed by atoms with E-state index in [2.05, 4.69) is 15.5 Å². The standard InChI is InChI=1S/C13H14ClN3O2S2/c1-7-6-9(14)4-5-10(7)19-8(2)11(18)15-12-16-17-13(20-3)21-12/h4-6,8H,1-3H3,(H,15,16,18). The van der Waals surface area contributed by atoms with Gasteiger partial charge >= 0.3 is 0 Å². The van der Waals surface area contributed by atoms with E-state index in [4.69, 9.17) is 16.3 Å². The minimum absolute atomic E-state index is 0.270. The first-order chi connectivity index (χ1) is 9.99. The van der Waals surface area contributed by atoms with Crippen LogP contribution in [-0.2, 0) is 4.79 Å². The van der Waals surface area contributed by atoms with Gasteiger partial charge in [-0.3, -0.25) is 10.1 Å². The summed E-state index contributed by atoms with van der Waals surface area (Å²) in [5.41, 5.74) is 0.878. The van der Waals surface area contributed by atoms with Crippen molar-refractivity contribution in [2.24, 2.45) is 0 Å². The molecule has 21 heavy (non-hydrogen) atoms. The van der Waals surface area contributed by atoms with Crippen molar-refractivity contribution < 1.29 is 9.53 Å². The molecule has 1 aromatic carbocycles. The van der Waals surface area contributed by atoms with Gasteiger partial charge in [0.25, 0.3) is 5.91 Å². The molecule has 0 fully saturated rings. The number of thioether (sulfide) groups is 1. The number of amides is 1.